The summed E-state index contributed by atoms with van der Waals surface area (Å²) in [6.07, 6.45) is 2.83. The summed E-state index contributed by atoms with van der Waals surface area (Å²) >= 11 is 0. The molecule has 32 heavy (non-hydrogen) atoms. The molecule has 0 aliphatic carbocycles. The Hall–Kier alpha value is -2.60. The number of carbonyl (C=O) groups excluding carboxylic acids is 1. The molecule has 0 amide bonds. The average molecular weight is 438 g/mol. The van der Waals surface area contributed by atoms with Crippen molar-refractivity contribution < 1.29 is 14.3 Å². The van der Waals surface area contributed by atoms with Gasteiger partial charge >= 0.3 is 0 Å². The topological polar surface area (TPSA) is 54.9 Å². The van der Waals surface area contributed by atoms with Gasteiger partial charge in [0.1, 0.15) is 29.3 Å². The molecule has 2 aliphatic rings. The lowest BCUT2D eigenvalue weighted by atomic mass is 9.96. The summed E-state index contributed by atoms with van der Waals surface area (Å²) in [5.41, 5.74) is 1.18. The van der Waals surface area contributed by atoms with Crippen LogP contribution in [0.5, 0.6) is 5.75 Å². The molecule has 6 nitrogen and oxygen atoms in total. The first kappa shape index (κ1) is 22.6. The van der Waals surface area contributed by atoms with Crippen molar-refractivity contribution in [1.29, 1.82) is 0 Å². The van der Waals surface area contributed by atoms with E-state index in [1.54, 1.807) is 6.92 Å². The highest BCUT2D eigenvalue weighted by Crippen LogP contribution is 2.27. The fourth-order valence-electron chi connectivity index (χ4n) is 4.66. The van der Waals surface area contributed by atoms with Gasteiger partial charge in [0, 0.05) is 45.5 Å². The molecule has 3 atom stereocenters. The van der Waals surface area contributed by atoms with Gasteiger partial charge in [-0.25, -0.2) is 4.98 Å². The molecule has 0 spiro atoms. The number of hydrogen-bond donors (Lipinski definition) is 0. The lowest BCUT2D eigenvalue weighted by Crippen LogP contribution is -2.28. The molecule has 2 fully saturated rings. The molecule has 1 aromatic heterocycles. The SMILES string of the molecule is CC(=O)C[C@@H](C)c1ccc(O[C@@H]2CCN(c3cccc(N(C)CC4CCOC4)n3)C2)cc1. The van der Waals surface area contributed by atoms with E-state index in [0.717, 1.165) is 63.1 Å². The highest BCUT2D eigenvalue weighted by atomic mass is 16.5. The highest BCUT2D eigenvalue weighted by molar-refractivity contribution is 5.76. The van der Waals surface area contributed by atoms with Crippen LogP contribution in [-0.2, 0) is 9.53 Å². The lowest BCUT2D eigenvalue weighted by molar-refractivity contribution is -0.117. The standard InChI is InChI=1S/C26H35N3O3/c1-19(15-20(2)30)22-7-9-23(10-8-22)32-24-11-13-29(17-24)26-6-4-5-25(27-26)28(3)16-21-12-14-31-18-21/h4-10,19,21,24H,11-18H2,1-3H3/t19-,21?,24-/m1/s1. The maximum Gasteiger partial charge on any atom is 0.131 e. The van der Waals surface area contributed by atoms with Gasteiger partial charge in [0.15, 0.2) is 0 Å². The van der Waals surface area contributed by atoms with Crippen LogP contribution in [0.4, 0.5) is 11.6 Å². The zero-order chi connectivity index (χ0) is 22.5. The third-order valence-electron chi connectivity index (χ3n) is 6.48. The molecule has 3 heterocycles. The minimum absolute atomic E-state index is 0.148. The Morgan fingerprint density at radius 1 is 1.25 bits per heavy atom. The first-order valence-corrected chi connectivity index (χ1v) is 11.7. The molecular weight excluding hydrogens is 402 g/mol. The Labute approximate surface area is 191 Å². The Bertz CT molecular complexity index is 895. The number of ether oxygens (including phenoxy) is 2. The number of rotatable bonds is 9. The number of aromatic nitrogens is 1. The Morgan fingerprint density at radius 3 is 2.78 bits per heavy atom. The largest absolute Gasteiger partial charge is 0.489 e. The van der Waals surface area contributed by atoms with E-state index in [-0.39, 0.29) is 17.8 Å². The normalized spacial score (nSPS) is 21.5. The summed E-state index contributed by atoms with van der Waals surface area (Å²) < 4.78 is 11.8. The minimum Gasteiger partial charge on any atom is -0.489 e. The van der Waals surface area contributed by atoms with Crippen molar-refractivity contribution in [3.05, 3.63) is 48.0 Å². The summed E-state index contributed by atoms with van der Waals surface area (Å²) in [5, 5.41) is 0. The number of benzene rings is 1. The number of anilines is 2. The predicted molar refractivity (Wildman–Crippen MR) is 128 cm³/mol. The zero-order valence-corrected chi connectivity index (χ0v) is 19.5. The van der Waals surface area contributed by atoms with Gasteiger partial charge in [0.05, 0.1) is 13.2 Å². The van der Waals surface area contributed by atoms with E-state index in [4.69, 9.17) is 14.5 Å². The van der Waals surface area contributed by atoms with Crippen LogP contribution in [0, 0.1) is 5.92 Å². The second-order valence-corrected chi connectivity index (χ2v) is 9.31. The predicted octanol–water partition coefficient (Wildman–Crippen LogP) is 4.29. The molecule has 1 unspecified atom stereocenters. The van der Waals surface area contributed by atoms with E-state index < -0.39 is 0 Å². The van der Waals surface area contributed by atoms with Gasteiger partial charge in [-0.15, -0.1) is 0 Å². The smallest absolute Gasteiger partial charge is 0.131 e. The van der Waals surface area contributed by atoms with Crippen molar-refractivity contribution in [1.82, 2.24) is 4.98 Å². The van der Waals surface area contributed by atoms with Crippen LogP contribution in [-0.4, -0.2) is 56.8 Å². The van der Waals surface area contributed by atoms with Gasteiger partial charge in [0.2, 0.25) is 0 Å². The molecule has 6 heteroatoms. The van der Waals surface area contributed by atoms with Crippen molar-refractivity contribution in [2.24, 2.45) is 5.92 Å². The van der Waals surface area contributed by atoms with Crippen LogP contribution in [0.2, 0.25) is 0 Å². The van der Waals surface area contributed by atoms with Gasteiger partial charge in [0.25, 0.3) is 0 Å². The quantitative estimate of drug-likeness (QED) is 0.583. The molecule has 2 aromatic rings. The van der Waals surface area contributed by atoms with Crippen LogP contribution < -0.4 is 14.5 Å². The molecule has 4 rings (SSSR count). The van der Waals surface area contributed by atoms with Crippen LogP contribution in [0.25, 0.3) is 0 Å². The van der Waals surface area contributed by atoms with Crippen molar-refractivity contribution in [2.75, 3.05) is 49.7 Å². The first-order valence-electron chi connectivity index (χ1n) is 11.7. The summed E-state index contributed by atoms with van der Waals surface area (Å²) in [6.45, 7) is 8.21. The molecule has 0 saturated carbocycles. The molecule has 0 N–H and O–H groups in total. The third-order valence-corrected chi connectivity index (χ3v) is 6.48. The zero-order valence-electron chi connectivity index (χ0n) is 19.5. The van der Waals surface area contributed by atoms with Gasteiger partial charge < -0.3 is 24.1 Å². The van der Waals surface area contributed by atoms with E-state index >= 15 is 0 Å². The van der Waals surface area contributed by atoms with Crippen LogP contribution in [0.3, 0.4) is 0 Å². The Kier molecular flexibility index (Phi) is 7.30. The van der Waals surface area contributed by atoms with E-state index in [2.05, 4.69) is 54.1 Å². The maximum atomic E-state index is 11.4. The fourth-order valence-corrected chi connectivity index (χ4v) is 4.66. The van der Waals surface area contributed by atoms with Crippen molar-refractivity contribution in [3.63, 3.8) is 0 Å². The highest BCUT2D eigenvalue weighted by Gasteiger charge is 2.26. The van der Waals surface area contributed by atoms with Gasteiger partial charge in [-0.05, 0) is 49.1 Å². The number of ketones is 1. The molecule has 1 aromatic carbocycles. The van der Waals surface area contributed by atoms with E-state index in [1.165, 1.54) is 5.56 Å². The second kappa shape index (κ2) is 10.3. The van der Waals surface area contributed by atoms with Gasteiger partial charge in [-0.3, -0.25) is 0 Å². The molecule has 2 aliphatic heterocycles. The van der Waals surface area contributed by atoms with Crippen molar-refractivity contribution in [3.8, 4) is 5.75 Å². The number of Topliss-reactive ketones (excluding diaryl/α,β-unsaturated/α-hetero) is 1. The van der Waals surface area contributed by atoms with Crippen LogP contribution in [0.15, 0.2) is 42.5 Å². The monoisotopic (exact) mass is 437 g/mol. The maximum absolute atomic E-state index is 11.4. The van der Waals surface area contributed by atoms with Gasteiger partial charge in [-0.2, -0.15) is 0 Å². The number of carbonyl (C=O) groups is 1. The van der Waals surface area contributed by atoms with E-state index in [0.29, 0.717) is 12.3 Å². The molecule has 0 bridgehead atoms. The lowest BCUT2D eigenvalue weighted by Gasteiger charge is -2.24. The Balaban J connectivity index is 1.32. The third kappa shape index (κ3) is 5.80. The molecule has 0 radical (unpaired) electrons. The molecule has 2 saturated heterocycles. The Morgan fingerprint density at radius 2 is 2.06 bits per heavy atom. The second-order valence-electron chi connectivity index (χ2n) is 9.31. The van der Waals surface area contributed by atoms with Crippen molar-refractivity contribution in [2.45, 2.75) is 45.1 Å². The summed E-state index contributed by atoms with van der Waals surface area (Å²) in [6, 6.07) is 14.5. The first-order chi connectivity index (χ1) is 15.5. The molecule has 172 valence electrons. The number of nitrogens with zero attached hydrogens (tertiary/aromatic N) is 3. The fraction of sp³-hybridized carbons (Fsp3) is 0.538. The molecular formula is C26H35N3O3. The van der Waals surface area contributed by atoms with Gasteiger partial charge in [-0.1, -0.05) is 25.1 Å². The van der Waals surface area contributed by atoms with Crippen LogP contribution in [0.1, 0.15) is 44.6 Å². The van der Waals surface area contributed by atoms with Crippen LogP contribution >= 0.6 is 0 Å². The van der Waals surface area contributed by atoms with E-state index in [1.807, 2.05) is 12.1 Å². The average Bonchev–Trinajstić information content (AvgIpc) is 3.46. The summed E-state index contributed by atoms with van der Waals surface area (Å²) in [7, 11) is 2.11. The van der Waals surface area contributed by atoms with E-state index in [9.17, 15) is 4.79 Å². The van der Waals surface area contributed by atoms with Crippen molar-refractivity contribution >= 4 is 17.4 Å². The summed E-state index contributed by atoms with van der Waals surface area (Å²) in [4.78, 5) is 20.8. The number of hydrogen-bond acceptors (Lipinski definition) is 6. The number of pyridine rings is 1. The minimum atomic E-state index is 0.148. The summed E-state index contributed by atoms with van der Waals surface area (Å²) in [5.74, 6) is 3.95.